The molecule has 1 unspecified atom stereocenters. The zero-order valence-electron chi connectivity index (χ0n) is 19.8. The van der Waals surface area contributed by atoms with Crippen molar-refractivity contribution in [3.63, 3.8) is 0 Å². The summed E-state index contributed by atoms with van der Waals surface area (Å²) in [6, 6.07) is 2.39. The van der Waals surface area contributed by atoms with Crippen LogP contribution in [0, 0.1) is 0 Å². The number of morpholine rings is 1. The Bertz CT molecular complexity index is 1170. The van der Waals surface area contributed by atoms with E-state index in [9.17, 15) is 19.5 Å². The van der Waals surface area contributed by atoms with Gasteiger partial charge in [-0.25, -0.2) is 4.79 Å². The predicted octanol–water partition coefficient (Wildman–Crippen LogP) is 0.0309. The van der Waals surface area contributed by atoms with Gasteiger partial charge in [-0.05, 0) is 43.4 Å². The zero-order chi connectivity index (χ0) is 24.4. The van der Waals surface area contributed by atoms with Crippen molar-refractivity contribution in [1.82, 2.24) is 15.5 Å². The molecular formula is C25H32N4O6. The highest BCUT2D eigenvalue weighted by atomic mass is 16.5. The fraction of sp³-hybridized carbons (Fsp3) is 0.560. The molecular weight excluding hydrogens is 452 g/mol. The maximum atomic E-state index is 12.9. The molecule has 5 rings (SSSR count). The normalized spacial score (nSPS) is 18.7. The van der Waals surface area contributed by atoms with E-state index in [0.29, 0.717) is 37.3 Å². The summed E-state index contributed by atoms with van der Waals surface area (Å²) in [6.07, 6.45) is 3.85. The van der Waals surface area contributed by atoms with Gasteiger partial charge in [0, 0.05) is 55.9 Å². The average Bonchev–Trinajstić information content (AvgIpc) is 2.88. The van der Waals surface area contributed by atoms with Crippen molar-refractivity contribution in [2.45, 2.75) is 31.7 Å². The van der Waals surface area contributed by atoms with Crippen molar-refractivity contribution in [2.75, 3.05) is 64.0 Å². The number of hydrogen-bond acceptors (Lipinski definition) is 8. The summed E-state index contributed by atoms with van der Waals surface area (Å²) >= 11 is 0. The highest BCUT2D eigenvalue weighted by Gasteiger charge is 2.28. The number of aryl methyl sites for hydroxylation is 2. The second-order valence-corrected chi connectivity index (χ2v) is 9.38. The third-order valence-electron chi connectivity index (χ3n) is 7.10. The highest BCUT2D eigenvalue weighted by Crippen LogP contribution is 2.39. The predicted molar refractivity (Wildman–Crippen MR) is 130 cm³/mol. The SMILES string of the molecule is O=C(NC(CO)C(=O)NCCN1CCOCC1)c1cc2cc3c4c(c2oc1=O)CCCN4CCC3. The molecule has 35 heavy (non-hydrogen) atoms. The molecule has 1 atom stereocenters. The Balaban J connectivity index is 1.30. The van der Waals surface area contributed by atoms with Gasteiger partial charge in [-0.2, -0.15) is 0 Å². The fourth-order valence-corrected chi connectivity index (χ4v) is 5.32. The molecule has 1 aromatic heterocycles. The van der Waals surface area contributed by atoms with Crippen LogP contribution in [0.4, 0.5) is 5.69 Å². The van der Waals surface area contributed by atoms with Crippen LogP contribution >= 0.6 is 0 Å². The monoisotopic (exact) mass is 484 g/mol. The summed E-state index contributed by atoms with van der Waals surface area (Å²) in [4.78, 5) is 42.8. The van der Waals surface area contributed by atoms with Gasteiger partial charge >= 0.3 is 5.63 Å². The Morgan fingerprint density at radius 1 is 1.09 bits per heavy atom. The van der Waals surface area contributed by atoms with E-state index in [-0.39, 0.29) is 5.56 Å². The molecule has 1 aromatic carbocycles. The minimum atomic E-state index is -1.17. The summed E-state index contributed by atoms with van der Waals surface area (Å²) in [7, 11) is 0. The number of carbonyl (C=O) groups is 2. The largest absolute Gasteiger partial charge is 0.422 e. The van der Waals surface area contributed by atoms with Crippen LogP contribution in [0.3, 0.4) is 0 Å². The number of nitrogens with zero attached hydrogens (tertiary/aromatic N) is 2. The minimum Gasteiger partial charge on any atom is -0.422 e. The molecule has 3 N–H and O–H groups in total. The molecule has 0 spiro atoms. The molecule has 0 bridgehead atoms. The molecule has 10 heteroatoms. The lowest BCUT2D eigenvalue weighted by Gasteiger charge is -2.37. The molecule has 2 amide bonds. The lowest BCUT2D eigenvalue weighted by molar-refractivity contribution is -0.123. The van der Waals surface area contributed by atoms with Crippen molar-refractivity contribution >= 4 is 28.5 Å². The van der Waals surface area contributed by atoms with Crippen LogP contribution in [-0.2, 0) is 22.4 Å². The minimum absolute atomic E-state index is 0.173. The van der Waals surface area contributed by atoms with E-state index in [2.05, 4.69) is 20.4 Å². The summed E-state index contributed by atoms with van der Waals surface area (Å²) in [6.45, 7) is 5.41. The van der Waals surface area contributed by atoms with E-state index in [4.69, 9.17) is 9.15 Å². The molecule has 3 aliphatic rings. The number of rotatable bonds is 7. The first-order valence-electron chi connectivity index (χ1n) is 12.4. The second-order valence-electron chi connectivity index (χ2n) is 9.38. The van der Waals surface area contributed by atoms with Gasteiger partial charge in [0.05, 0.1) is 19.8 Å². The fourth-order valence-electron chi connectivity index (χ4n) is 5.32. The number of aliphatic hydroxyl groups excluding tert-OH is 1. The van der Waals surface area contributed by atoms with E-state index in [0.717, 1.165) is 57.4 Å². The molecule has 10 nitrogen and oxygen atoms in total. The van der Waals surface area contributed by atoms with Gasteiger partial charge in [-0.3, -0.25) is 14.5 Å². The first-order chi connectivity index (χ1) is 17.0. The van der Waals surface area contributed by atoms with E-state index in [1.165, 1.54) is 11.3 Å². The van der Waals surface area contributed by atoms with Gasteiger partial charge in [-0.1, -0.05) is 0 Å². The summed E-state index contributed by atoms with van der Waals surface area (Å²) < 4.78 is 11.0. The summed E-state index contributed by atoms with van der Waals surface area (Å²) in [5.41, 5.74) is 3.06. The number of nitrogens with one attached hydrogen (secondary N) is 2. The van der Waals surface area contributed by atoms with Gasteiger partial charge in [0.15, 0.2) is 0 Å². The van der Waals surface area contributed by atoms with Crippen LogP contribution in [0.25, 0.3) is 11.0 Å². The van der Waals surface area contributed by atoms with Crippen molar-refractivity contribution in [1.29, 1.82) is 0 Å². The Morgan fingerprint density at radius 3 is 2.63 bits per heavy atom. The Labute approximate surface area is 203 Å². The Morgan fingerprint density at radius 2 is 1.86 bits per heavy atom. The van der Waals surface area contributed by atoms with E-state index < -0.39 is 30.1 Å². The van der Waals surface area contributed by atoms with E-state index >= 15 is 0 Å². The number of ether oxygens (including phenoxy) is 1. The van der Waals surface area contributed by atoms with Gasteiger partial charge < -0.3 is 29.8 Å². The maximum Gasteiger partial charge on any atom is 0.349 e. The topological polar surface area (TPSA) is 124 Å². The molecule has 1 fully saturated rings. The third-order valence-corrected chi connectivity index (χ3v) is 7.10. The van der Waals surface area contributed by atoms with Crippen LogP contribution in [0.15, 0.2) is 21.3 Å². The van der Waals surface area contributed by atoms with Crippen molar-refractivity contribution < 1.29 is 23.8 Å². The first-order valence-corrected chi connectivity index (χ1v) is 12.4. The van der Waals surface area contributed by atoms with Gasteiger partial charge in [0.25, 0.3) is 5.91 Å². The standard InChI is InChI=1S/C25H32N4O6/c30-15-20(24(32)26-5-8-28-9-11-34-12-10-28)27-23(31)19-14-17-13-16-3-1-6-29-7-2-4-18(21(16)29)22(17)35-25(19)33/h13-14,20,30H,1-12,15H2,(H,26,32)(H,27,31). The number of carbonyl (C=O) groups excluding carboxylic acids is 2. The zero-order valence-corrected chi connectivity index (χ0v) is 19.8. The number of anilines is 1. The smallest absolute Gasteiger partial charge is 0.349 e. The molecule has 1 saturated heterocycles. The van der Waals surface area contributed by atoms with E-state index in [1.54, 1.807) is 6.07 Å². The van der Waals surface area contributed by atoms with Crippen LogP contribution in [0.2, 0.25) is 0 Å². The average molecular weight is 485 g/mol. The molecule has 2 aromatic rings. The van der Waals surface area contributed by atoms with Crippen LogP contribution < -0.4 is 21.2 Å². The molecule has 0 radical (unpaired) electrons. The number of benzene rings is 1. The first kappa shape index (κ1) is 23.8. The van der Waals surface area contributed by atoms with Crippen LogP contribution in [-0.4, -0.2) is 87.0 Å². The van der Waals surface area contributed by atoms with Gasteiger partial charge in [-0.15, -0.1) is 0 Å². The molecule has 0 saturated carbocycles. The lowest BCUT2D eigenvalue weighted by atomic mass is 9.90. The highest BCUT2D eigenvalue weighted by molar-refractivity contribution is 6.00. The molecule has 0 aliphatic carbocycles. The number of hydrogen-bond donors (Lipinski definition) is 3. The summed E-state index contributed by atoms with van der Waals surface area (Å²) in [5, 5.41) is 15.6. The quantitative estimate of drug-likeness (QED) is 0.471. The second kappa shape index (κ2) is 10.3. The Hall–Kier alpha value is -2.95. The van der Waals surface area contributed by atoms with E-state index in [1.807, 2.05) is 6.07 Å². The molecule has 188 valence electrons. The Kier molecular flexibility index (Phi) is 7.03. The number of amides is 2. The third kappa shape index (κ3) is 4.91. The van der Waals surface area contributed by atoms with Crippen LogP contribution in [0.5, 0.6) is 0 Å². The number of aliphatic hydroxyl groups is 1. The van der Waals surface area contributed by atoms with Crippen molar-refractivity contribution in [3.8, 4) is 0 Å². The van der Waals surface area contributed by atoms with Gasteiger partial charge in [0.2, 0.25) is 5.91 Å². The molecule has 3 aliphatic heterocycles. The molecule has 4 heterocycles. The lowest BCUT2D eigenvalue weighted by Crippen LogP contribution is -2.51. The number of fused-ring (bicyclic) bond motifs is 2. The summed E-state index contributed by atoms with van der Waals surface area (Å²) in [5.74, 6) is -1.24. The maximum absolute atomic E-state index is 12.9. The van der Waals surface area contributed by atoms with Gasteiger partial charge in [0.1, 0.15) is 17.2 Å². The van der Waals surface area contributed by atoms with Crippen LogP contribution in [0.1, 0.15) is 34.3 Å². The van der Waals surface area contributed by atoms with Crippen molar-refractivity contribution in [2.24, 2.45) is 0 Å². The van der Waals surface area contributed by atoms with Crippen molar-refractivity contribution in [3.05, 3.63) is 39.2 Å².